The van der Waals surface area contributed by atoms with Crippen LogP contribution in [0.3, 0.4) is 0 Å². The van der Waals surface area contributed by atoms with Gasteiger partial charge in [0, 0.05) is 15.4 Å². The van der Waals surface area contributed by atoms with Crippen LogP contribution in [0.2, 0.25) is 0 Å². The van der Waals surface area contributed by atoms with Gasteiger partial charge in [0.25, 0.3) is 0 Å². The van der Waals surface area contributed by atoms with Crippen LogP contribution in [0.5, 0.6) is 0 Å². The largest absolute Gasteiger partial charge is 0.399 e. The first-order valence-corrected chi connectivity index (χ1v) is 6.59. The molecule has 0 fully saturated rings. The summed E-state index contributed by atoms with van der Waals surface area (Å²) in [6, 6.07) is 12.1. The van der Waals surface area contributed by atoms with Crippen LogP contribution in [0.25, 0.3) is 0 Å². The third-order valence-electron chi connectivity index (χ3n) is 2.56. The second-order valence-corrected chi connectivity index (χ2v) is 5.21. The van der Waals surface area contributed by atoms with Crippen LogP contribution in [0.1, 0.15) is 22.2 Å². The van der Waals surface area contributed by atoms with Crippen LogP contribution in [-0.2, 0) is 24.4 Å². The molecule has 1 heterocycles. The minimum Gasteiger partial charge on any atom is -0.399 e. The Bertz CT molecular complexity index is 461. The minimum absolute atomic E-state index is 0.639. The third kappa shape index (κ3) is 3.58. The molecule has 2 aromatic rings. The van der Waals surface area contributed by atoms with Gasteiger partial charge >= 0.3 is 0 Å². The molecule has 0 unspecified atom stereocenters. The lowest BCUT2D eigenvalue weighted by Gasteiger charge is -2.03. The predicted molar refractivity (Wildman–Crippen MR) is 73.0 cm³/mol. The van der Waals surface area contributed by atoms with Crippen LogP contribution in [0.4, 0.5) is 5.69 Å². The van der Waals surface area contributed by atoms with Gasteiger partial charge in [-0.1, -0.05) is 19.1 Å². The number of benzene rings is 1. The highest BCUT2D eigenvalue weighted by atomic mass is 32.1. The standard InChI is InChI=1S/C14H17NOS/c1-2-13-7-8-14(17-13)10-16-9-11-3-5-12(15)6-4-11/h3-8H,2,9-10,15H2,1H3. The molecule has 0 amide bonds. The van der Waals surface area contributed by atoms with E-state index in [9.17, 15) is 0 Å². The van der Waals surface area contributed by atoms with Gasteiger partial charge in [0.05, 0.1) is 13.2 Å². The van der Waals surface area contributed by atoms with Crippen molar-refractivity contribution >= 4 is 17.0 Å². The zero-order chi connectivity index (χ0) is 12.1. The SMILES string of the molecule is CCc1ccc(COCc2ccc(N)cc2)s1. The zero-order valence-electron chi connectivity index (χ0n) is 9.98. The number of nitrogens with two attached hydrogens (primary N) is 1. The van der Waals surface area contributed by atoms with E-state index in [0.29, 0.717) is 13.2 Å². The summed E-state index contributed by atoms with van der Waals surface area (Å²) in [5.74, 6) is 0. The molecule has 0 bridgehead atoms. The molecule has 90 valence electrons. The van der Waals surface area contributed by atoms with Gasteiger partial charge in [-0.05, 0) is 36.2 Å². The molecule has 2 rings (SSSR count). The first kappa shape index (κ1) is 12.1. The summed E-state index contributed by atoms with van der Waals surface area (Å²) < 4.78 is 5.67. The molecule has 1 aromatic carbocycles. The van der Waals surface area contributed by atoms with E-state index in [4.69, 9.17) is 10.5 Å². The van der Waals surface area contributed by atoms with Crippen molar-refractivity contribution in [2.24, 2.45) is 0 Å². The summed E-state index contributed by atoms with van der Waals surface area (Å²) in [6.45, 7) is 3.50. The molecule has 2 nitrogen and oxygen atoms in total. The highest BCUT2D eigenvalue weighted by molar-refractivity contribution is 7.11. The minimum atomic E-state index is 0.639. The first-order chi connectivity index (χ1) is 8.28. The van der Waals surface area contributed by atoms with Crippen molar-refractivity contribution < 1.29 is 4.74 Å². The van der Waals surface area contributed by atoms with Crippen LogP contribution < -0.4 is 5.73 Å². The molecule has 3 heteroatoms. The van der Waals surface area contributed by atoms with Gasteiger partial charge in [-0.25, -0.2) is 0 Å². The van der Waals surface area contributed by atoms with E-state index in [2.05, 4.69) is 19.1 Å². The summed E-state index contributed by atoms with van der Waals surface area (Å²) >= 11 is 1.83. The van der Waals surface area contributed by atoms with E-state index in [0.717, 1.165) is 17.7 Å². The fraction of sp³-hybridized carbons (Fsp3) is 0.286. The van der Waals surface area contributed by atoms with Crippen molar-refractivity contribution in [3.8, 4) is 0 Å². The van der Waals surface area contributed by atoms with Gasteiger partial charge in [-0.15, -0.1) is 11.3 Å². The molecule has 0 aliphatic heterocycles. The van der Waals surface area contributed by atoms with Crippen molar-refractivity contribution in [2.45, 2.75) is 26.6 Å². The number of anilines is 1. The van der Waals surface area contributed by atoms with Gasteiger partial charge < -0.3 is 10.5 Å². The molecular weight excluding hydrogens is 230 g/mol. The van der Waals surface area contributed by atoms with Crippen molar-refractivity contribution in [1.29, 1.82) is 0 Å². The Morgan fingerprint density at radius 1 is 1.00 bits per heavy atom. The molecule has 0 aliphatic carbocycles. The highest BCUT2D eigenvalue weighted by Crippen LogP contribution is 2.18. The van der Waals surface area contributed by atoms with Gasteiger partial charge in [-0.3, -0.25) is 0 Å². The van der Waals surface area contributed by atoms with Crippen LogP contribution in [0.15, 0.2) is 36.4 Å². The molecule has 0 aliphatic rings. The maximum Gasteiger partial charge on any atom is 0.0814 e. The number of aryl methyl sites for hydroxylation is 1. The summed E-state index contributed by atoms with van der Waals surface area (Å²) in [5.41, 5.74) is 7.58. The smallest absolute Gasteiger partial charge is 0.0814 e. The highest BCUT2D eigenvalue weighted by Gasteiger charge is 1.99. The second-order valence-electron chi connectivity index (χ2n) is 3.96. The van der Waals surface area contributed by atoms with Crippen molar-refractivity contribution in [3.63, 3.8) is 0 Å². The second kappa shape index (κ2) is 5.84. The molecular formula is C14H17NOS. The summed E-state index contributed by atoms with van der Waals surface area (Å²) in [6.07, 6.45) is 1.10. The average molecular weight is 247 g/mol. The number of thiophene rings is 1. The predicted octanol–water partition coefficient (Wildman–Crippen LogP) is 3.61. The summed E-state index contributed by atoms with van der Waals surface area (Å²) in [5, 5.41) is 0. The molecule has 1 aromatic heterocycles. The molecule has 17 heavy (non-hydrogen) atoms. The Labute approximate surface area is 106 Å². The fourth-order valence-electron chi connectivity index (χ4n) is 1.57. The van der Waals surface area contributed by atoms with Crippen LogP contribution in [-0.4, -0.2) is 0 Å². The molecule has 0 saturated carbocycles. The maximum atomic E-state index is 5.67. The number of ether oxygens (including phenoxy) is 1. The number of nitrogen functional groups attached to an aromatic ring is 1. The fourth-order valence-corrected chi connectivity index (χ4v) is 2.47. The van der Waals surface area contributed by atoms with E-state index < -0.39 is 0 Å². The maximum absolute atomic E-state index is 5.67. The quantitative estimate of drug-likeness (QED) is 0.819. The van der Waals surface area contributed by atoms with E-state index in [1.807, 2.05) is 35.6 Å². The van der Waals surface area contributed by atoms with Crippen LogP contribution in [0, 0.1) is 0 Å². The van der Waals surface area contributed by atoms with E-state index in [1.54, 1.807) is 0 Å². The topological polar surface area (TPSA) is 35.2 Å². The lowest BCUT2D eigenvalue weighted by atomic mass is 10.2. The van der Waals surface area contributed by atoms with E-state index in [1.165, 1.54) is 9.75 Å². The Kier molecular flexibility index (Phi) is 4.18. The van der Waals surface area contributed by atoms with Gasteiger partial charge in [0.2, 0.25) is 0 Å². The molecule has 2 N–H and O–H groups in total. The average Bonchev–Trinajstić information content (AvgIpc) is 2.80. The Morgan fingerprint density at radius 3 is 2.35 bits per heavy atom. The van der Waals surface area contributed by atoms with Gasteiger partial charge in [0.1, 0.15) is 0 Å². The Morgan fingerprint density at radius 2 is 1.71 bits per heavy atom. The first-order valence-electron chi connectivity index (χ1n) is 5.77. The van der Waals surface area contributed by atoms with Gasteiger partial charge in [0.15, 0.2) is 0 Å². The molecule has 0 radical (unpaired) electrons. The summed E-state index contributed by atoms with van der Waals surface area (Å²) in [7, 11) is 0. The van der Waals surface area contributed by atoms with Crippen LogP contribution >= 0.6 is 11.3 Å². The molecule has 0 spiro atoms. The van der Waals surface area contributed by atoms with Crippen molar-refractivity contribution in [1.82, 2.24) is 0 Å². The Balaban J connectivity index is 1.81. The summed E-state index contributed by atoms with van der Waals surface area (Å²) in [4.78, 5) is 2.70. The van der Waals surface area contributed by atoms with Crippen molar-refractivity contribution in [2.75, 3.05) is 5.73 Å². The number of rotatable bonds is 5. The number of hydrogen-bond donors (Lipinski definition) is 1. The van der Waals surface area contributed by atoms with Gasteiger partial charge in [-0.2, -0.15) is 0 Å². The molecule has 0 saturated heterocycles. The lowest BCUT2D eigenvalue weighted by molar-refractivity contribution is 0.109. The zero-order valence-corrected chi connectivity index (χ0v) is 10.8. The van der Waals surface area contributed by atoms with Crippen molar-refractivity contribution in [3.05, 3.63) is 51.7 Å². The third-order valence-corrected chi connectivity index (χ3v) is 3.76. The number of hydrogen-bond acceptors (Lipinski definition) is 3. The van der Waals surface area contributed by atoms with E-state index >= 15 is 0 Å². The molecule has 0 atom stereocenters. The Hall–Kier alpha value is -1.32. The normalized spacial score (nSPS) is 10.6. The van der Waals surface area contributed by atoms with E-state index in [-0.39, 0.29) is 0 Å². The lowest BCUT2D eigenvalue weighted by Crippen LogP contribution is -1.93. The monoisotopic (exact) mass is 247 g/mol.